The van der Waals surface area contributed by atoms with Crippen LogP contribution in [0.5, 0.6) is 0 Å². The van der Waals surface area contributed by atoms with E-state index in [-0.39, 0.29) is 11.9 Å². The van der Waals surface area contributed by atoms with Gasteiger partial charge in [0.1, 0.15) is 11.4 Å². The van der Waals surface area contributed by atoms with Crippen LogP contribution in [0.25, 0.3) is 0 Å². The monoisotopic (exact) mass is 429 g/mol. The minimum Gasteiger partial charge on any atom is -0.462 e. The first kappa shape index (κ1) is 22.5. The van der Waals surface area contributed by atoms with Crippen LogP contribution < -0.4 is 5.32 Å². The second-order valence-corrected chi connectivity index (χ2v) is 9.29. The first-order chi connectivity index (χ1) is 14.4. The Labute approximate surface area is 183 Å². The second-order valence-electron chi connectivity index (χ2n) is 8.37. The van der Waals surface area contributed by atoms with Crippen LogP contribution in [-0.2, 0) is 16.1 Å². The maximum atomic E-state index is 13.1. The van der Waals surface area contributed by atoms with Gasteiger partial charge in [-0.1, -0.05) is 18.2 Å². The molecule has 1 aromatic carbocycles. The first-order valence-electron chi connectivity index (χ1n) is 10.9. The van der Waals surface area contributed by atoms with Gasteiger partial charge in [-0.25, -0.2) is 4.79 Å². The van der Waals surface area contributed by atoms with Gasteiger partial charge in [-0.3, -0.25) is 4.79 Å². The average molecular weight is 430 g/mol. The van der Waals surface area contributed by atoms with Crippen molar-refractivity contribution in [2.24, 2.45) is 0 Å². The quantitative estimate of drug-likeness (QED) is 0.494. The molecule has 162 valence electrons. The number of carbonyl (C=O) groups excluding carboxylic acids is 2. The van der Waals surface area contributed by atoms with E-state index in [4.69, 9.17) is 4.74 Å². The lowest BCUT2D eigenvalue weighted by molar-refractivity contribution is -0.932. The maximum absolute atomic E-state index is 13.1. The molecule has 5 nitrogen and oxygen atoms in total. The second kappa shape index (κ2) is 10.2. The third-order valence-electron chi connectivity index (χ3n) is 5.89. The number of amides is 1. The fraction of sp³-hybridized carbons (Fsp3) is 0.500. The van der Waals surface area contributed by atoms with Crippen molar-refractivity contribution in [3.63, 3.8) is 0 Å². The van der Waals surface area contributed by atoms with Crippen molar-refractivity contribution in [2.75, 3.05) is 31.6 Å². The summed E-state index contributed by atoms with van der Waals surface area (Å²) >= 11 is 1.43. The highest BCUT2D eigenvalue weighted by molar-refractivity contribution is 7.12. The summed E-state index contributed by atoms with van der Waals surface area (Å²) < 4.78 is 5.88. The topological polar surface area (TPSA) is 55.4 Å². The lowest BCUT2D eigenvalue weighted by Crippen LogP contribution is -2.52. The van der Waals surface area contributed by atoms with Gasteiger partial charge in [-0.05, 0) is 63.6 Å². The summed E-state index contributed by atoms with van der Waals surface area (Å²) in [6, 6.07) is 8.01. The number of rotatable bonds is 7. The fourth-order valence-corrected chi connectivity index (χ4v) is 5.18. The number of nitrogens with zero attached hydrogens (tertiary/aromatic N) is 1. The Morgan fingerprint density at radius 2 is 1.77 bits per heavy atom. The fourth-order valence-electron chi connectivity index (χ4n) is 4.38. The van der Waals surface area contributed by atoms with Crippen molar-refractivity contribution in [3.8, 4) is 0 Å². The standard InChI is InChI=1S/C24H32N2O3S/c1-4-29-24(28)21-14-20(17-30-21)15-26(12-7-5-6-8-13-26)16-22(27)25-23-18(2)10-9-11-19(23)3/h9-11,14,17H,4-8,12-13,15-16H2,1-3H3/p+1. The van der Waals surface area contributed by atoms with E-state index in [2.05, 4.69) is 5.32 Å². The highest BCUT2D eigenvalue weighted by Crippen LogP contribution is 2.26. The van der Waals surface area contributed by atoms with E-state index in [9.17, 15) is 9.59 Å². The number of hydrogen-bond donors (Lipinski definition) is 1. The molecule has 1 amide bonds. The zero-order valence-corrected chi connectivity index (χ0v) is 19.1. The van der Waals surface area contributed by atoms with Gasteiger partial charge < -0.3 is 14.5 Å². The number of hydrogen-bond acceptors (Lipinski definition) is 4. The molecule has 3 rings (SSSR count). The molecule has 0 saturated carbocycles. The van der Waals surface area contributed by atoms with Crippen molar-refractivity contribution in [1.82, 2.24) is 0 Å². The highest BCUT2D eigenvalue weighted by atomic mass is 32.1. The summed E-state index contributed by atoms with van der Waals surface area (Å²) in [5.41, 5.74) is 4.21. The molecule has 1 aliphatic heterocycles. The van der Waals surface area contributed by atoms with E-state index in [0.29, 0.717) is 18.0 Å². The number of carbonyl (C=O) groups is 2. The molecule has 2 aromatic rings. The summed E-state index contributed by atoms with van der Waals surface area (Å²) in [4.78, 5) is 25.8. The number of thiophene rings is 1. The first-order valence-corrected chi connectivity index (χ1v) is 11.8. The third-order valence-corrected chi connectivity index (χ3v) is 6.85. The number of ether oxygens (including phenoxy) is 1. The Hall–Kier alpha value is -2.18. The molecule has 1 saturated heterocycles. The largest absolute Gasteiger partial charge is 0.462 e. The Morgan fingerprint density at radius 1 is 1.10 bits per heavy atom. The van der Waals surface area contributed by atoms with E-state index < -0.39 is 0 Å². The number of para-hydroxylation sites is 1. The molecule has 1 aromatic heterocycles. The molecule has 1 fully saturated rings. The van der Waals surface area contributed by atoms with Crippen molar-refractivity contribution in [1.29, 1.82) is 0 Å². The van der Waals surface area contributed by atoms with E-state index in [1.807, 2.05) is 50.4 Å². The summed E-state index contributed by atoms with van der Waals surface area (Å²) in [6.07, 6.45) is 4.70. The molecule has 6 heteroatoms. The zero-order valence-electron chi connectivity index (χ0n) is 18.3. The van der Waals surface area contributed by atoms with Gasteiger partial charge >= 0.3 is 5.97 Å². The summed E-state index contributed by atoms with van der Waals surface area (Å²) in [5, 5.41) is 5.21. The molecular weight excluding hydrogens is 396 g/mol. The predicted molar refractivity (Wildman–Crippen MR) is 122 cm³/mol. The van der Waals surface area contributed by atoms with Crippen molar-refractivity contribution in [3.05, 3.63) is 51.2 Å². The van der Waals surface area contributed by atoms with Crippen LogP contribution in [-0.4, -0.2) is 42.6 Å². The Bertz CT molecular complexity index is 862. The SMILES string of the molecule is CCOC(=O)c1cc(C[N+]2(CC(=O)Nc3c(C)cccc3C)CCCCCC2)cs1. The normalized spacial score (nSPS) is 16.0. The van der Waals surface area contributed by atoms with Crippen LogP contribution in [0.3, 0.4) is 0 Å². The molecule has 0 aliphatic carbocycles. The van der Waals surface area contributed by atoms with Gasteiger partial charge in [0.15, 0.2) is 6.54 Å². The van der Waals surface area contributed by atoms with Gasteiger partial charge in [-0.15, -0.1) is 11.3 Å². The van der Waals surface area contributed by atoms with Crippen LogP contribution in [0.1, 0.15) is 59.0 Å². The molecular formula is C24H33N2O3S+. The van der Waals surface area contributed by atoms with Crippen LogP contribution in [0.15, 0.2) is 29.6 Å². The number of anilines is 1. The van der Waals surface area contributed by atoms with Crippen molar-refractivity contribution >= 4 is 28.9 Å². The van der Waals surface area contributed by atoms with Gasteiger partial charge in [-0.2, -0.15) is 0 Å². The number of quaternary nitrogens is 1. The van der Waals surface area contributed by atoms with Gasteiger partial charge in [0.05, 0.1) is 19.7 Å². The molecule has 1 aliphatic rings. The molecule has 0 bridgehead atoms. The highest BCUT2D eigenvalue weighted by Gasteiger charge is 2.32. The summed E-state index contributed by atoms with van der Waals surface area (Å²) in [5.74, 6) is -0.195. The number of likely N-dealkylation sites (tertiary alicyclic amines) is 1. The van der Waals surface area contributed by atoms with Gasteiger partial charge in [0, 0.05) is 16.6 Å². The zero-order chi connectivity index (χ0) is 21.6. The Kier molecular flexibility index (Phi) is 7.67. The van der Waals surface area contributed by atoms with Crippen LogP contribution in [0.4, 0.5) is 5.69 Å². The minimum atomic E-state index is -0.260. The lowest BCUT2D eigenvalue weighted by atomic mass is 10.1. The molecule has 1 N–H and O–H groups in total. The van der Waals surface area contributed by atoms with Crippen LogP contribution >= 0.6 is 11.3 Å². The molecule has 0 radical (unpaired) electrons. The molecule has 2 heterocycles. The summed E-state index contributed by atoms with van der Waals surface area (Å²) in [6.45, 7) is 9.47. The predicted octanol–water partition coefficient (Wildman–Crippen LogP) is 5.07. The van der Waals surface area contributed by atoms with Crippen LogP contribution in [0.2, 0.25) is 0 Å². The molecule has 0 spiro atoms. The number of benzene rings is 1. The average Bonchev–Trinajstić information content (AvgIpc) is 3.04. The van der Waals surface area contributed by atoms with Crippen molar-refractivity contribution < 1.29 is 18.8 Å². The number of nitrogens with one attached hydrogen (secondary N) is 1. The van der Waals surface area contributed by atoms with E-state index in [0.717, 1.165) is 59.3 Å². The van der Waals surface area contributed by atoms with Gasteiger partial charge in [0.2, 0.25) is 0 Å². The Balaban J connectivity index is 1.76. The minimum absolute atomic E-state index is 0.0649. The smallest absolute Gasteiger partial charge is 0.348 e. The van der Waals surface area contributed by atoms with Gasteiger partial charge in [0.25, 0.3) is 5.91 Å². The molecule has 0 atom stereocenters. The summed E-state index contributed by atoms with van der Waals surface area (Å²) in [7, 11) is 0. The molecule has 0 unspecified atom stereocenters. The maximum Gasteiger partial charge on any atom is 0.348 e. The number of aryl methyl sites for hydroxylation is 2. The van der Waals surface area contributed by atoms with E-state index >= 15 is 0 Å². The third kappa shape index (κ3) is 5.70. The van der Waals surface area contributed by atoms with E-state index in [1.54, 1.807) is 0 Å². The molecule has 30 heavy (non-hydrogen) atoms. The number of esters is 1. The Morgan fingerprint density at radius 3 is 2.40 bits per heavy atom. The van der Waals surface area contributed by atoms with Crippen molar-refractivity contribution in [2.45, 2.75) is 53.0 Å². The van der Waals surface area contributed by atoms with Crippen LogP contribution in [0, 0.1) is 13.8 Å². The van der Waals surface area contributed by atoms with E-state index in [1.165, 1.54) is 24.2 Å². The lowest BCUT2D eigenvalue weighted by Gasteiger charge is -2.37.